The molecule has 0 aromatic heterocycles. The first-order valence-electron chi connectivity index (χ1n) is 5.50. The number of hydrogen-bond donors (Lipinski definition) is 1. The average Bonchev–Trinajstić information content (AvgIpc) is 2.24. The van der Waals surface area contributed by atoms with Gasteiger partial charge in [0, 0.05) is 12.1 Å². The lowest BCUT2D eigenvalue weighted by Gasteiger charge is -2.28. The Kier molecular flexibility index (Phi) is 3.39. The van der Waals surface area contributed by atoms with Crippen molar-refractivity contribution in [3.05, 3.63) is 29.8 Å². The number of hydrogen-bond acceptors (Lipinski definition) is 2. The quantitative estimate of drug-likeness (QED) is 0.838. The van der Waals surface area contributed by atoms with E-state index in [1.807, 2.05) is 0 Å². The summed E-state index contributed by atoms with van der Waals surface area (Å²) in [7, 11) is 0. The molecule has 1 fully saturated rings. The number of nitrogens with one attached hydrogen (secondary N) is 1. The van der Waals surface area contributed by atoms with Gasteiger partial charge in [0.05, 0.1) is 0 Å². The van der Waals surface area contributed by atoms with Crippen LogP contribution in [0.15, 0.2) is 18.2 Å². The highest BCUT2D eigenvalue weighted by Gasteiger charge is 2.19. The number of piperidine rings is 1. The molecule has 0 spiro atoms. The van der Waals surface area contributed by atoms with Gasteiger partial charge in [-0.15, -0.1) is 0 Å². The van der Waals surface area contributed by atoms with Crippen LogP contribution in [0.4, 0.5) is 8.78 Å². The van der Waals surface area contributed by atoms with Crippen LogP contribution >= 0.6 is 0 Å². The Hall–Kier alpha value is -1.16. The van der Waals surface area contributed by atoms with Crippen LogP contribution in [0.5, 0.6) is 5.75 Å². The molecule has 88 valence electrons. The second-order valence-electron chi connectivity index (χ2n) is 4.20. The Morgan fingerprint density at radius 3 is 2.81 bits per heavy atom. The minimum Gasteiger partial charge on any atom is -0.490 e. The summed E-state index contributed by atoms with van der Waals surface area (Å²) >= 11 is 0. The molecule has 1 saturated heterocycles. The molecular weight excluding hydrogens is 212 g/mol. The molecule has 0 radical (unpaired) electrons. The molecule has 0 amide bonds. The van der Waals surface area contributed by atoms with Crippen LogP contribution in [0.2, 0.25) is 0 Å². The fourth-order valence-corrected chi connectivity index (χ4v) is 1.94. The van der Waals surface area contributed by atoms with Crippen molar-refractivity contribution < 1.29 is 13.5 Å². The maximum atomic E-state index is 12.9. The van der Waals surface area contributed by atoms with Gasteiger partial charge >= 0.3 is 0 Å². The van der Waals surface area contributed by atoms with Crippen molar-refractivity contribution >= 4 is 0 Å². The summed E-state index contributed by atoms with van der Waals surface area (Å²) in [6.07, 6.45) is 1.86. The second kappa shape index (κ2) is 4.78. The van der Waals surface area contributed by atoms with E-state index in [1.165, 1.54) is 6.07 Å². The fourth-order valence-electron chi connectivity index (χ4n) is 1.94. The molecule has 1 aliphatic heterocycles. The van der Waals surface area contributed by atoms with E-state index in [1.54, 1.807) is 0 Å². The van der Waals surface area contributed by atoms with Gasteiger partial charge in [-0.05, 0) is 38.4 Å². The van der Waals surface area contributed by atoms with Crippen molar-refractivity contribution in [3.8, 4) is 5.75 Å². The van der Waals surface area contributed by atoms with Crippen molar-refractivity contribution in [1.82, 2.24) is 5.32 Å². The first-order valence-corrected chi connectivity index (χ1v) is 5.50. The number of halogens is 2. The molecule has 0 bridgehead atoms. The van der Waals surface area contributed by atoms with Gasteiger partial charge in [0.25, 0.3) is 0 Å². The maximum Gasteiger partial charge on any atom is 0.162 e. The van der Waals surface area contributed by atoms with Gasteiger partial charge in [-0.25, -0.2) is 8.78 Å². The largest absolute Gasteiger partial charge is 0.490 e. The molecule has 2 nitrogen and oxygen atoms in total. The van der Waals surface area contributed by atoms with Crippen LogP contribution in [-0.2, 0) is 0 Å². The van der Waals surface area contributed by atoms with Gasteiger partial charge in [-0.1, -0.05) is 0 Å². The van der Waals surface area contributed by atoms with Crippen molar-refractivity contribution in [2.75, 3.05) is 6.54 Å². The van der Waals surface area contributed by atoms with Crippen LogP contribution in [0.1, 0.15) is 19.8 Å². The van der Waals surface area contributed by atoms with Crippen LogP contribution in [0.25, 0.3) is 0 Å². The van der Waals surface area contributed by atoms with Gasteiger partial charge < -0.3 is 10.1 Å². The molecule has 2 rings (SSSR count). The predicted octanol–water partition coefficient (Wildman–Crippen LogP) is 2.48. The molecule has 4 heteroatoms. The predicted molar refractivity (Wildman–Crippen MR) is 57.5 cm³/mol. The van der Waals surface area contributed by atoms with E-state index < -0.39 is 11.6 Å². The van der Waals surface area contributed by atoms with E-state index in [-0.39, 0.29) is 6.10 Å². The second-order valence-corrected chi connectivity index (χ2v) is 4.20. The van der Waals surface area contributed by atoms with Crippen LogP contribution in [0.3, 0.4) is 0 Å². The molecule has 0 aliphatic carbocycles. The van der Waals surface area contributed by atoms with Gasteiger partial charge in [-0.2, -0.15) is 0 Å². The number of ether oxygens (including phenoxy) is 1. The standard InChI is InChI=1S/C12H15F2NO/c1-8-6-10(4-5-15-8)16-9-2-3-11(13)12(14)7-9/h2-3,7-8,10,15H,4-6H2,1H3. The van der Waals surface area contributed by atoms with Gasteiger partial charge in [0.1, 0.15) is 11.9 Å². The van der Waals surface area contributed by atoms with Crippen LogP contribution in [-0.4, -0.2) is 18.7 Å². The molecule has 2 atom stereocenters. The normalized spacial score (nSPS) is 25.4. The summed E-state index contributed by atoms with van der Waals surface area (Å²) in [4.78, 5) is 0. The Labute approximate surface area is 93.6 Å². The molecule has 1 N–H and O–H groups in total. The lowest BCUT2D eigenvalue weighted by molar-refractivity contribution is 0.143. The maximum absolute atomic E-state index is 12.9. The third-order valence-corrected chi connectivity index (χ3v) is 2.77. The van der Waals surface area contributed by atoms with E-state index >= 15 is 0 Å². The molecule has 16 heavy (non-hydrogen) atoms. The van der Waals surface area contributed by atoms with Crippen LogP contribution in [0, 0.1) is 11.6 Å². The molecule has 0 saturated carbocycles. The monoisotopic (exact) mass is 227 g/mol. The van der Waals surface area contributed by atoms with Gasteiger partial charge in [0.15, 0.2) is 11.6 Å². The molecule has 1 aromatic carbocycles. The van der Waals surface area contributed by atoms with E-state index in [4.69, 9.17) is 4.74 Å². The zero-order valence-corrected chi connectivity index (χ0v) is 9.17. The van der Waals surface area contributed by atoms with Crippen molar-refractivity contribution in [1.29, 1.82) is 0 Å². The lowest BCUT2D eigenvalue weighted by Crippen LogP contribution is -2.40. The third kappa shape index (κ3) is 2.70. The zero-order valence-electron chi connectivity index (χ0n) is 9.17. The van der Waals surface area contributed by atoms with Crippen LogP contribution < -0.4 is 10.1 Å². The highest BCUT2D eigenvalue weighted by Crippen LogP contribution is 2.20. The lowest BCUT2D eigenvalue weighted by atomic mass is 10.0. The first kappa shape index (κ1) is 11.3. The zero-order chi connectivity index (χ0) is 11.5. The third-order valence-electron chi connectivity index (χ3n) is 2.77. The van der Waals surface area contributed by atoms with Gasteiger partial charge in [-0.3, -0.25) is 0 Å². The summed E-state index contributed by atoms with van der Waals surface area (Å²) < 4.78 is 31.3. The first-order chi connectivity index (χ1) is 7.65. The average molecular weight is 227 g/mol. The van der Waals surface area contributed by atoms with E-state index in [0.717, 1.165) is 31.5 Å². The smallest absolute Gasteiger partial charge is 0.162 e. The fraction of sp³-hybridized carbons (Fsp3) is 0.500. The summed E-state index contributed by atoms with van der Waals surface area (Å²) in [5.41, 5.74) is 0. The summed E-state index contributed by atoms with van der Waals surface area (Å²) in [6.45, 7) is 2.98. The summed E-state index contributed by atoms with van der Waals surface area (Å²) in [5.74, 6) is -1.30. The highest BCUT2D eigenvalue weighted by atomic mass is 19.2. The van der Waals surface area contributed by atoms with Gasteiger partial charge in [0.2, 0.25) is 0 Å². The minimum absolute atomic E-state index is 0.0844. The Morgan fingerprint density at radius 2 is 2.12 bits per heavy atom. The van der Waals surface area contributed by atoms with Crippen molar-refractivity contribution in [2.45, 2.75) is 31.9 Å². The number of rotatable bonds is 2. The summed E-state index contributed by atoms with van der Waals surface area (Å²) in [6, 6.07) is 4.06. The molecule has 1 heterocycles. The Bertz CT molecular complexity index is 370. The topological polar surface area (TPSA) is 21.3 Å². The molecule has 2 unspecified atom stereocenters. The Balaban J connectivity index is 2.00. The van der Waals surface area contributed by atoms with Crippen molar-refractivity contribution in [2.24, 2.45) is 0 Å². The molecular formula is C12H15F2NO. The van der Waals surface area contributed by atoms with E-state index in [9.17, 15) is 8.78 Å². The van der Waals surface area contributed by atoms with Crippen molar-refractivity contribution in [3.63, 3.8) is 0 Å². The van der Waals surface area contributed by atoms with E-state index in [0.29, 0.717) is 11.8 Å². The molecule has 1 aromatic rings. The molecule has 1 aliphatic rings. The summed E-state index contributed by atoms with van der Waals surface area (Å²) in [5, 5.41) is 3.30. The Morgan fingerprint density at radius 1 is 1.31 bits per heavy atom. The van der Waals surface area contributed by atoms with E-state index in [2.05, 4.69) is 12.2 Å². The number of benzene rings is 1. The SMILES string of the molecule is CC1CC(Oc2ccc(F)c(F)c2)CCN1. The highest BCUT2D eigenvalue weighted by molar-refractivity contribution is 5.23. The minimum atomic E-state index is -0.862.